The highest BCUT2D eigenvalue weighted by molar-refractivity contribution is 6.20. The Labute approximate surface area is 163 Å². The van der Waals surface area contributed by atoms with Gasteiger partial charge in [0.05, 0.1) is 0 Å². The minimum Gasteiger partial charge on any atom is -0.516 e. The molecule has 0 saturated heterocycles. The Hall–Kier alpha value is -3.30. The zero-order chi connectivity index (χ0) is 18.6. The quantitative estimate of drug-likeness (QED) is 0.432. The van der Waals surface area contributed by atoms with Crippen LogP contribution in [0, 0.1) is 0 Å². The van der Waals surface area contributed by atoms with E-state index >= 15 is 0 Å². The maximum atomic E-state index is 5.53. The van der Waals surface area contributed by atoms with Crippen LogP contribution in [0.2, 0.25) is 0 Å². The third kappa shape index (κ3) is 6.49. The van der Waals surface area contributed by atoms with Crippen LogP contribution in [0.5, 0.6) is 11.5 Å². The predicted molar refractivity (Wildman–Crippen MR) is 115 cm³/mol. The summed E-state index contributed by atoms with van der Waals surface area (Å²) in [6.07, 6.45) is 0. The molecule has 0 bridgehead atoms. The predicted octanol–water partition coefficient (Wildman–Crippen LogP) is 5.50. The van der Waals surface area contributed by atoms with Gasteiger partial charge in [-0.3, -0.25) is 0 Å². The first-order valence-corrected chi connectivity index (χ1v) is 10.0. The maximum Gasteiger partial charge on any atom is 0.427 e. The molecule has 4 aromatic rings. The van der Waals surface area contributed by atoms with E-state index in [9.17, 15) is 0 Å². The van der Waals surface area contributed by atoms with Crippen molar-refractivity contribution < 1.29 is 8.85 Å². The van der Waals surface area contributed by atoms with Gasteiger partial charge < -0.3 is 8.85 Å². The Bertz CT molecular complexity index is 805. The first-order valence-electron chi connectivity index (χ1n) is 8.88. The molecular formula is C24H22O2Si. The molecule has 0 atom stereocenters. The van der Waals surface area contributed by atoms with Crippen LogP contribution in [0.4, 0.5) is 0 Å². The number of para-hydroxylation sites is 2. The largest absolute Gasteiger partial charge is 0.516 e. The smallest absolute Gasteiger partial charge is 0.427 e. The molecule has 0 fully saturated rings. The molecule has 0 aliphatic heterocycles. The standard InChI is InChI=1S/C12H12O2Si.C12H10/c1-3-7-11(8-4-1)13-15-14-12-9-5-2-6-10-12;1-3-7-11(8-4-1)12-9-5-2-6-10-12/h1-10H,15H2;1-10H. The Kier molecular flexibility index (Phi) is 7.28. The fraction of sp³-hybridized carbons (Fsp3) is 0. The van der Waals surface area contributed by atoms with Crippen molar-refractivity contribution in [2.75, 3.05) is 0 Å². The van der Waals surface area contributed by atoms with Gasteiger partial charge in [-0.1, -0.05) is 97.1 Å². The van der Waals surface area contributed by atoms with Crippen molar-refractivity contribution in [1.82, 2.24) is 0 Å². The summed E-state index contributed by atoms with van der Waals surface area (Å²) in [5.41, 5.74) is 2.55. The van der Waals surface area contributed by atoms with Gasteiger partial charge in [0.15, 0.2) is 0 Å². The Morgan fingerprint density at radius 2 is 0.667 bits per heavy atom. The molecule has 0 aliphatic carbocycles. The second-order valence-electron chi connectivity index (χ2n) is 5.76. The van der Waals surface area contributed by atoms with E-state index in [1.165, 1.54) is 11.1 Å². The summed E-state index contributed by atoms with van der Waals surface area (Å²) >= 11 is 0. The van der Waals surface area contributed by atoms with Crippen LogP contribution in [0.15, 0.2) is 121 Å². The minimum absolute atomic E-state index is 0.875. The van der Waals surface area contributed by atoms with E-state index in [4.69, 9.17) is 8.85 Å². The average Bonchev–Trinajstić information content (AvgIpc) is 2.77. The van der Waals surface area contributed by atoms with Crippen LogP contribution in [0.3, 0.4) is 0 Å². The Balaban J connectivity index is 0.000000159. The van der Waals surface area contributed by atoms with E-state index in [-0.39, 0.29) is 0 Å². The summed E-state index contributed by atoms with van der Waals surface area (Å²) in [5.74, 6) is 1.75. The van der Waals surface area contributed by atoms with Crippen LogP contribution >= 0.6 is 0 Å². The molecule has 4 rings (SSSR count). The van der Waals surface area contributed by atoms with Crippen molar-refractivity contribution in [2.24, 2.45) is 0 Å². The SMILES string of the molecule is c1ccc(-c2ccccc2)cc1.c1ccc(O[SiH2]Oc2ccccc2)cc1. The Morgan fingerprint density at radius 3 is 1.00 bits per heavy atom. The first-order chi connectivity index (χ1) is 13.4. The second kappa shape index (κ2) is 10.6. The number of rotatable bonds is 5. The molecule has 0 saturated carbocycles. The van der Waals surface area contributed by atoms with Crippen LogP contribution in [-0.2, 0) is 0 Å². The molecule has 4 aromatic carbocycles. The molecule has 0 radical (unpaired) electrons. The highest BCUT2D eigenvalue weighted by atomic mass is 28.3. The fourth-order valence-electron chi connectivity index (χ4n) is 2.46. The molecular weight excluding hydrogens is 348 g/mol. The lowest BCUT2D eigenvalue weighted by molar-refractivity contribution is 0.459. The molecule has 0 aliphatic rings. The monoisotopic (exact) mass is 370 g/mol. The van der Waals surface area contributed by atoms with E-state index in [0.717, 1.165) is 11.5 Å². The van der Waals surface area contributed by atoms with Gasteiger partial charge in [-0.05, 0) is 35.4 Å². The average molecular weight is 371 g/mol. The van der Waals surface area contributed by atoms with Crippen molar-refractivity contribution in [3.05, 3.63) is 121 Å². The van der Waals surface area contributed by atoms with Gasteiger partial charge in [0.1, 0.15) is 11.5 Å². The first kappa shape index (κ1) is 18.5. The van der Waals surface area contributed by atoms with E-state index in [2.05, 4.69) is 48.5 Å². The zero-order valence-electron chi connectivity index (χ0n) is 15.1. The molecule has 0 N–H and O–H groups in total. The van der Waals surface area contributed by atoms with Crippen molar-refractivity contribution in [1.29, 1.82) is 0 Å². The summed E-state index contributed by atoms with van der Waals surface area (Å²) in [5, 5.41) is 0. The van der Waals surface area contributed by atoms with Crippen molar-refractivity contribution >= 4 is 10.0 Å². The molecule has 0 heterocycles. The molecule has 3 heteroatoms. The third-order valence-corrected chi connectivity index (χ3v) is 4.72. The third-order valence-electron chi connectivity index (χ3n) is 3.82. The van der Waals surface area contributed by atoms with Crippen molar-refractivity contribution in [3.8, 4) is 22.6 Å². The van der Waals surface area contributed by atoms with E-state index < -0.39 is 10.0 Å². The molecule has 27 heavy (non-hydrogen) atoms. The maximum absolute atomic E-state index is 5.53. The van der Waals surface area contributed by atoms with Gasteiger partial charge in [-0.15, -0.1) is 0 Å². The molecule has 0 spiro atoms. The molecule has 0 aromatic heterocycles. The van der Waals surface area contributed by atoms with Gasteiger partial charge in [-0.25, -0.2) is 0 Å². The summed E-state index contributed by atoms with van der Waals surface area (Å²) < 4.78 is 11.1. The van der Waals surface area contributed by atoms with Crippen molar-refractivity contribution in [2.45, 2.75) is 0 Å². The zero-order valence-corrected chi connectivity index (χ0v) is 16.5. The fourth-order valence-corrected chi connectivity index (χ4v) is 3.18. The van der Waals surface area contributed by atoms with Gasteiger partial charge in [0.25, 0.3) is 0 Å². The summed E-state index contributed by atoms with van der Waals surface area (Å²) in [6.45, 7) is 0. The Morgan fingerprint density at radius 1 is 0.370 bits per heavy atom. The topological polar surface area (TPSA) is 18.5 Å². The summed E-state index contributed by atoms with van der Waals surface area (Å²) in [4.78, 5) is 0. The minimum atomic E-state index is -0.985. The van der Waals surface area contributed by atoms with Gasteiger partial charge >= 0.3 is 10.0 Å². The molecule has 2 nitrogen and oxygen atoms in total. The van der Waals surface area contributed by atoms with Crippen LogP contribution in [0.25, 0.3) is 11.1 Å². The highest BCUT2D eigenvalue weighted by Gasteiger charge is 1.94. The number of hydrogen-bond acceptors (Lipinski definition) is 2. The van der Waals surface area contributed by atoms with E-state index in [0.29, 0.717) is 0 Å². The number of benzene rings is 4. The van der Waals surface area contributed by atoms with Crippen LogP contribution in [0.1, 0.15) is 0 Å². The molecule has 0 amide bonds. The lowest BCUT2D eigenvalue weighted by atomic mass is 10.1. The lowest BCUT2D eigenvalue weighted by Crippen LogP contribution is -2.10. The van der Waals surface area contributed by atoms with Crippen molar-refractivity contribution in [3.63, 3.8) is 0 Å². The normalized spacial score (nSPS) is 9.63. The summed E-state index contributed by atoms with van der Waals surface area (Å²) in [7, 11) is -0.985. The van der Waals surface area contributed by atoms with Crippen LogP contribution < -0.4 is 8.85 Å². The second-order valence-corrected chi connectivity index (χ2v) is 6.58. The molecule has 134 valence electrons. The van der Waals surface area contributed by atoms with Gasteiger partial charge in [0.2, 0.25) is 0 Å². The van der Waals surface area contributed by atoms with E-state index in [1.807, 2.05) is 72.8 Å². The van der Waals surface area contributed by atoms with E-state index in [1.54, 1.807) is 0 Å². The van der Waals surface area contributed by atoms with Gasteiger partial charge in [-0.2, -0.15) is 0 Å². The van der Waals surface area contributed by atoms with Gasteiger partial charge in [0, 0.05) is 0 Å². The number of hydrogen-bond donors (Lipinski definition) is 0. The van der Waals surface area contributed by atoms with Crippen LogP contribution in [-0.4, -0.2) is 10.0 Å². The lowest BCUT2D eigenvalue weighted by Gasteiger charge is -2.07. The highest BCUT2D eigenvalue weighted by Crippen LogP contribution is 2.17. The summed E-state index contributed by atoms with van der Waals surface area (Å²) in [6, 6.07) is 40.2. The molecule has 0 unspecified atom stereocenters.